The molecule has 134 valence electrons. The van der Waals surface area contributed by atoms with Crippen LogP contribution >= 0.6 is 0 Å². The first-order chi connectivity index (χ1) is 12.3. The largest absolute Gasteiger partial charge is 0.474 e. The molecule has 0 aromatic carbocycles. The molecule has 2 aromatic heterocycles. The lowest BCUT2D eigenvalue weighted by Gasteiger charge is -2.25. The highest BCUT2D eigenvalue weighted by Gasteiger charge is 2.20. The second-order valence-corrected chi connectivity index (χ2v) is 7.22. The molecule has 6 nitrogen and oxygen atoms in total. The number of nitrogens with one attached hydrogen (secondary N) is 2. The van der Waals surface area contributed by atoms with Crippen molar-refractivity contribution in [2.75, 3.05) is 18.4 Å². The predicted octanol–water partition coefficient (Wildman–Crippen LogP) is 2.74. The van der Waals surface area contributed by atoms with Crippen LogP contribution in [0.5, 0.6) is 5.88 Å². The van der Waals surface area contributed by atoms with Gasteiger partial charge in [0.25, 0.3) is 0 Å². The lowest BCUT2D eigenvalue weighted by atomic mass is 10.1. The first-order valence-corrected chi connectivity index (χ1v) is 9.37. The van der Waals surface area contributed by atoms with Crippen molar-refractivity contribution in [3.63, 3.8) is 0 Å². The van der Waals surface area contributed by atoms with Crippen LogP contribution in [0.25, 0.3) is 0 Å². The maximum atomic E-state index is 6.12. The average Bonchev–Trinajstić information content (AvgIpc) is 3.24. The van der Waals surface area contributed by atoms with E-state index < -0.39 is 0 Å². The topological polar surface area (TPSA) is 64.0 Å². The van der Waals surface area contributed by atoms with Gasteiger partial charge in [-0.2, -0.15) is 5.10 Å². The highest BCUT2D eigenvalue weighted by molar-refractivity contribution is 5.38. The minimum atomic E-state index is 0.345. The molecule has 2 N–H and O–H groups in total. The number of aryl methyl sites for hydroxylation is 1. The first kappa shape index (κ1) is 16.4. The molecular weight excluding hydrogens is 314 g/mol. The number of rotatable bonds is 6. The third-order valence-electron chi connectivity index (χ3n) is 5.08. The molecule has 0 amide bonds. The molecule has 6 heteroatoms. The van der Waals surface area contributed by atoms with Gasteiger partial charge in [-0.3, -0.25) is 0 Å². The molecule has 4 rings (SSSR count). The fourth-order valence-corrected chi connectivity index (χ4v) is 3.76. The van der Waals surface area contributed by atoms with E-state index in [-0.39, 0.29) is 0 Å². The smallest absolute Gasteiger partial charge is 0.218 e. The Labute approximate surface area is 149 Å². The highest BCUT2D eigenvalue weighted by atomic mass is 16.5. The number of hydrogen-bond donors (Lipinski definition) is 2. The third-order valence-corrected chi connectivity index (χ3v) is 5.08. The molecule has 0 saturated heterocycles. The molecule has 25 heavy (non-hydrogen) atoms. The molecule has 2 aromatic rings. The standard InChI is InChI=1S/C19H27N5O/c1-14-9-18-22-11-15(13-24(18)23-14)10-20-12-16-5-4-8-21-19(16)25-17-6-2-3-7-17/h4-5,8-9,15,17,20,22H,2-3,6-7,10-13H2,1H3. The number of aromatic nitrogens is 3. The van der Waals surface area contributed by atoms with E-state index in [0.717, 1.165) is 62.0 Å². The maximum absolute atomic E-state index is 6.12. The number of anilines is 1. The summed E-state index contributed by atoms with van der Waals surface area (Å²) in [6, 6.07) is 6.20. The minimum absolute atomic E-state index is 0.345. The fourth-order valence-electron chi connectivity index (χ4n) is 3.76. The molecule has 1 aliphatic carbocycles. The van der Waals surface area contributed by atoms with Crippen molar-refractivity contribution in [2.24, 2.45) is 5.92 Å². The van der Waals surface area contributed by atoms with Crippen molar-refractivity contribution >= 4 is 5.82 Å². The zero-order valence-electron chi connectivity index (χ0n) is 14.9. The molecule has 0 bridgehead atoms. The maximum Gasteiger partial charge on any atom is 0.218 e. The Bertz CT molecular complexity index is 708. The van der Waals surface area contributed by atoms with Crippen molar-refractivity contribution in [3.05, 3.63) is 35.7 Å². The van der Waals surface area contributed by atoms with Crippen LogP contribution in [0, 0.1) is 12.8 Å². The van der Waals surface area contributed by atoms with Crippen LogP contribution in [-0.2, 0) is 13.1 Å². The average molecular weight is 341 g/mol. The summed E-state index contributed by atoms with van der Waals surface area (Å²) in [7, 11) is 0. The Morgan fingerprint density at radius 2 is 2.24 bits per heavy atom. The lowest BCUT2D eigenvalue weighted by Crippen LogP contribution is -2.35. The van der Waals surface area contributed by atoms with Crippen molar-refractivity contribution in [3.8, 4) is 5.88 Å². The van der Waals surface area contributed by atoms with Gasteiger partial charge in [0, 0.05) is 49.9 Å². The summed E-state index contributed by atoms with van der Waals surface area (Å²) in [5.74, 6) is 2.46. The van der Waals surface area contributed by atoms with E-state index in [1.54, 1.807) is 0 Å². The van der Waals surface area contributed by atoms with Gasteiger partial charge in [0.15, 0.2) is 0 Å². The van der Waals surface area contributed by atoms with Gasteiger partial charge in [0.05, 0.1) is 5.69 Å². The van der Waals surface area contributed by atoms with Crippen LogP contribution in [0.3, 0.4) is 0 Å². The Balaban J connectivity index is 1.30. The zero-order valence-corrected chi connectivity index (χ0v) is 14.9. The second kappa shape index (κ2) is 7.44. The Kier molecular flexibility index (Phi) is 4.88. The summed E-state index contributed by atoms with van der Waals surface area (Å²) in [6.45, 7) is 5.72. The van der Waals surface area contributed by atoms with Crippen molar-refractivity contribution in [2.45, 2.75) is 51.8 Å². The van der Waals surface area contributed by atoms with Crippen molar-refractivity contribution in [1.29, 1.82) is 0 Å². The van der Waals surface area contributed by atoms with Gasteiger partial charge in [0.2, 0.25) is 5.88 Å². The van der Waals surface area contributed by atoms with Crippen LogP contribution < -0.4 is 15.4 Å². The molecule has 1 atom stereocenters. The van der Waals surface area contributed by atoms with Gasteiger partial charge < -0.3 is 15.4 Å². The molecule has 0 radical (unpaired) electrons. The van der Waals surface area contributed by atoms with Gasteiger partial charge in [-0.15, -0.1) is 0 Å². The Morgan fingerprint density at radius 3 is 3.12 bits per heavy atom. The van der Waals surface area contributed by atoms with Gasteiger partial charge in [0.1, 0.15) is 11.9 Å². The Hall–Kier alpha value is -2.08. The van der Waals surface area contributed by atoms with E-state index >= 15 is 0 Å². The summed E-state index contributed by atoms with van der Waals surface area (Å²) in [5.41, 5.74) is 2.22. The molecule has 1 fully saturated rings. The summed E-state index contributed by atoms with van der Waals surface area (Å²) in [4.78, 5) is 4.45. The summed E-state index contributed by atoms with van der Waals surface area (Å²) in [6.07, 6.45) is 7.02. The van der Waals surface area contributed by atoms with Crippen LogP contribution in [0.1, 0.15) is 36.9 Å². The van der Waals surface area contributed by atoms with Gasteiger partial charge in [-0.25, -0.2) is 9.67 Å². The molecule has 1 aliphatic heterocycles. The SMILES string of the molecule is Cc1cc2n(n1)CC(CNCc1cccnc1OC1CCCC1)CN2. The predicted molar refractivity (Wildman–Crippen MR) is 97.8 cm³/mol. The number of hydrogen-bond acceptors (Lipinski definition) is 5. The van der Waals surface area contributed by atoms with Gasteiger partial charge >= 0.3 is 0 Å². The Morgan fingerprint density at radius 1 is 1.36 bits per heavy atom. The number of nitrogens with zero attached hydrogens (tertiary/aromatic N) is 3. The van der Waals surface area contributed by atoms with Crippen molar-refractivity contribution < 1.29 is 4.74 Å². The normalized spacial score (nSPS) is 20.3. The summed E-state index contributed by atoms with van der Waals surface area (Å²) < 4.78 is 8.19. The molecular formula is C19H27N5O. The van der Waals surface area contributed by atoms with Crippen LogP contribution in [-0.4, -0.2) is 34.0 Å². The quantitative estimate of drug-likeness (QED) is 0.846. The molecule has 1 unspecified atom stereocenters. The van der Waals surface area contributed by atoms with E-state index in [9.17, 15) is 0 Å². The first-order valence-electron chi connectivity index (χ1n) is 9.37. The minimum Gasteiger partial charge on any atom is -0.474 e. The number of pyridine rings is 1. The van der Waals surface area contributed by atoms with Crippen molar-refractivity contribution in [1.82, 2.24) is 20.1 Å². The fraction of sp³-hybridized carbons (Fsp3) is 0.579. The highest BCUT2D eigenvalue weighted by Crippen LogP contribution is 2.25. The third kappa shape index (κ3) is 3.95. The van der Waals surface area contributed by atoms with E-state index in [4.69, 9.17) is 4.74 Å². The van der Waals surface area contributed by atoms with Crippen LogP contribution in [0.15, 0.2) is 24.4 Å². The van der Waals surface area contributed by atoms with E-state index in [1.807, 2.05) is 19.2 Å². The van der Waals surface area contributed by atoms with E-state index in [1.165, 1.54) is 12.8 Å². The number of fused-ring (bicyclic) bond motifs is 1. The molecule has 2 aliphatic rings. The van der Waals surface area contributed by atoms with E-state index in [0.29, 0.717) is 12.0 Å². The van der Waals surface area contributed by atoms with Crippen LogP contribution in [0.2, 0.25) is 0 Å². The summed E-state index contributed by atoms with van der Waals surface area (Å²) >= 11 is 0. The molecule has 3 heterocycles. The van der Waals surface area contributed by atoms with Gasteiger partial charge in [-0.1, -0.05) is 6.07 Å². The number of ether oxygens (including phenoxy) is 1. The monoisotopic (exact) mass is 341 g/mol. The van der Waals surface area contributed by atoms with E-state index in [2.05, 4.69) is 37.5 Å². The lowest BCUT2D eigenvalue weighted by molar-refractivity contribution is 0.198. The van der Waals surface area contributed by atoms with Gasteiger partial charge in [-0.05, 0) is 38.7 Å². The molecule has 1 saturated carbocycles. The summed E-state index contributed by atoms with van der Waals surface area (Å²) in [5, 5.41) is 11.6. The zero-order chi connectivity index (χ0) is 17.1. The van der Waals surface area contributed by atoms with Crippen LogP contribution in [0.4, 0.5) is 5.82 Å². The second-order valence-electron chi connectivity index (χ2n) is 7.22. The molecule has 0 spiro atoms.